The standard InChI is InChI=1S/C21H30N2O5/c1-21(2,3)16-7-5-6-8-17(16)28-14-19(25)22(4)13-18(24)23-11-9-15(10-12-23)20(26)27/h5-8,15H,9-14H2,1-4H3,(H,26,27). The van der Waals surface area contributed by atoms with Gasteiger partial charge in [-0.1, -0.05) is 39.0 Å². The minimum absolute atomic E-state index is 0.0408. The van der Waals surface area contributed by atoms with E-state index in [1.807, 2.05) is 24.3 Å². The average molecular weight is 390 g/mol. The van der Waals surface area contributed by atoms with Gasteiger partial charge in [-0.05, 0) is 29.9 Å². The van der Waals surface area contributed by atoms with E-state index in [2.05, 4.69) is 20.8 Å². The number of rotatable bonds is 6. The molecule has 0 spiro atoms. The zero-order chi connectivity index (χ0) is 20.9. The first-order chi connectivity index (χ1) is 13.1. The highest BCUT2D eigenvalue weighted by atomic mass is 16.5. The van der Waals surface area contributed by atoms with E-state index in [9.17, 15) is 14.4 Å². The molecule has 1 aliphatic heterocycles. The van der Waals surface area contributed by atoms with E-state index in [-0.39, 0.29) is 36.3 Å². The molecule has 7 nitrogen and oxygen atoms in total. The fraction of sp³-hybridized carbons (Fsp3) is 0.571. The number of hydrogen-bond acceptors (Lipinski definition) is 4. The third kappa shape index (κ3) is 5.71. The molecule has 1 aromatic rings. The molecule has 1 aliphatic rings. The molecule has 2 rings (SSSR count). The van der Waals surface area contributed by atoms with Crippen molar-refractivity contribution in [3.8, 4) is 5.75 Å². The van der Waals surface area contributed by atoms with Crippen LogP contribution in [0, 0.1) is 5.92 Å². The summed E-state index contributed by atoms with van der Waals surface area (Å²) < 4.78 is 5.73. The van der Waals surface area contributed by atoms with Gasteiger partial charge in [-0.3, -0.25) is 14.4 Å². The van der Waals surface area contributed by atoms with Gasteiger partial charge in [-0.15, -0.1) is 0 Å². The third-order valence-electron chi connectivity index (χ3n) is 5.04. The summed E-state index contributed by atoms with van der Waals surface area (Å²) in [6.45, 7) is 6.87. The molecule has 1 saturated heterocycles. The molecule has 1 fully saturated rings. The number of piperidine rings is 1. The summed E-state index contributed by atoms with van der Waals surface area (Å²) in [4.78, 5) is 38.8. The summed E-state index contributed by atoms with van der Waals surface area (Å²) >= 11 is 0. The number of carboxylic acids is 1. The van der Waals surface area contributed by atoms with Gasteiger partial charge in [0.2, 0.25) is 5.91 Å². The van der Waals surface area contributed by atoms with Crippen LogP contribution in [0.15, 0.2) is 24.3 Å². The van der Waals surface area contributed by atoms with E-state index in [1.165, 1.54) is 4.90 Å². The number of likely N-dealkylation sites (tertiary alicyclic amines) is 1. The van der Waals surface area contributed by atoms with Crippen molar-refractivity contribution in [1.82, 2.24) is 9.80 Å². The van der Waals surface area contributed by atoms with E-state index in [0.29, 0.717) is 31.7 Å². The SMILES string of the molecule is CN(CC(=O)N1CCC(C(=O)O)CC1)C(=O)COc1ccccc1C(C)(C)C. The molecule has 154 valence electrons. The first-order valence-corrected chi connectivity index (χ1v) is 9.56. The summed E-state index contributed by atoms with van der Waals surface area (Å²) in [5.74, 6) is -0.988. The van der Waals surface area contributed by atoms with Gasteiger partial charge in [0.05, 0.1) is 12.5 Å². The number of ether oxygens (including phenoxy) is 1. The molecule has 0 bridgehead atoms. The molecule has 1 heterocycles. The fourth-order valence-electron chi connectivity index (χ4n) is 3.23. The van der Waals surface area contributed by atoms with Gasteiger partial charge < -0.3 is 19.6 Å². The molecule has 1 N–H and O–H groups in total. The lowest BCUT2D eigenvalue weighted by Crippen LogP contribution is -2.46. The Balaban J connectivity index is 1.85. The second kappa shape index (κ2) is 9.08. The van der Waals surface area contributed by atoms with Gasteiger partial charge in [0.15, 0.2) is 6.61 Å². The topological polar surface area (TPSA) is 87.2 Å². The predicted molar refractivity (Wildman–Crippen MR) is 105 cm³/mol. The molecular formula is C21H30N2O5. The zero-order valence-corrected chi connectivity index (χ0v) is 17.1. The molecule has 1 aromatic carbocycles. The van der Waals surface area contributed by atoms with Crippen LogP contribution in [0.2, 0.25) is 0 Å². The van der Waals surface area contributed by atoms with Crippen LogP contribution in [0.5, 0.6) is 5.75 Å². The van der Waals surface area contributed by atoms with Crippen molar-refractivity contribution in [2.75, 3.05) is 33.3 Å². The van der Waals surface area contributed by atoms with E-state index < -0.39 is 5.97 Å². The van der Waals surface area contributed by atoms with Crippen molar-refractivity contribution in [3.05, 3.63) is 29.8 Å². The van der Waals surface area contributed by atoms with Crippen molar-refractivity contribution in [2.45, 2.75) is 39.0 Å². The molecule has 0 radical (unpaired) electrons. The number of amides is 2. The molecule has 7 heteroatoms. The Hall–Kier alpha value is -2.57. The minimum atomic E-state index is -0.813. The molecule has 0 atom stereocenters. The largest absolute Gasteiger partial charge is 0.483 e. The number of hydrogen-bond donors (Lipinski definition) is 1. The number of carboxylic acid groups (broad SMARTS) is 1. The Kier molecular flexibility index (Phi) is 7.05. The number of likely N-dealkylation sites (N-methyl/N-ethyl adjacent to an activating group) is 1. The Morgan fingerprint density at radius 3 is 2.36 bits per heavy atom. The highest BCUT2D eigenvalue weighted by Crippen LogP contribution is 2.30. The second-order valence-electron chi connectivity index (χ2n) is 8.28. The van der Waals surface area contributed by atoms with E-state index in [4.69, 9.17) is 9.84 Å². The number of carbonyl (C=O) groups excluding carboxylic acids is 2. The summed E-state index contributed by atoms with van der Waals surface area (Å²) in [6.07, 6.45) is 0.900. The first kappa shape index (κ1) is 21.7. The summed E-state index contributed by atoms with van der Waals surface area (Å²) in [5.41, 5.74) is 0.909. The Labute approximate surface area is 166 Å². The zero-order valence-electron chi connectivity index (χ0n) is 17.1. The monoisotopic (exact) mass is 390 g/mol. The van der Waals surface area contributed by atoms with Gasteiger partial charge in [0.25, 0.3) is 5.91 Å². The fourth-order valence-corrected chi connectivity index (χ4v) is 3.23. The van der Waals surface area contributed by atoms with Crippen LogP contribution in [0.1, 0.15) is 39.2 Å². The van der Waals surface area contributed by atoms with E-state index in [0.717, 1.165) is 5.56 Å². The summed E-state index contributed by atoms with van der Waals surface area (Å²) in [6, 6.07) is 7.62. The average Bonchev–Trinajstić information content (AvgIpc) is 2.65. The lowest BCUT2D eigenvalue weighted by Gasteiger charge is -2.31. The maximum absolute atomic E-state index is 12.4. The van der Waals surface area contributed by atoms with Crippen LogP contribution in [-0.4, -0.2) is 66.0 Å². The smallest absolute Gasteiger partial charge is 0.306 e. The lowest BCUT2D eigenvalue weighted by molar-refractivity contribution is -0.146. The number of nitrogens with zero attached hydrogens (tertiary/aromatic N) is 2. The minimum Gasteiger partial charge on any atom is -0.483 e. The highest BCUT2D eigenvalue weighted by Gasteiger charge is 2.28. The predicted octanol–water partition coefficient (Wildman–Crippen LogP) is 2.14. The summed E-state index contributed by atoms with van der Waals surface area (Å²) in [5, 5.41) is 9.03. The third-order valence-corrected chi connectivity index (χ3v) is 5.04. The number of para-hydroxylation sites is 1. The Bertz CT molecular complexity index is 718. The summed E-state index contributed by atoms with van der Waals surface area (Å²) in [7, 11) is 1.57. The van der Waals surface area contributed by atoms with Crippen molar-refractivity contribution in [1.29, 1.82) is 0 Å². The number of benzene rings is 1. The maximum atomic E-state index is 12.4. The number of aliphatic carboxylic acids is 1. The molecule has 0 aliphatic carbocycles. The molecule has 0 aromatic heterocycles. The second-order valence-corrected chi connectivity index (χ2v) is 8.28. The van der Waals surface area contributed by atoms with Gasteiger partial charge in [0, 0.05) is 20.1 Å². The van der Waals surface area contributed by atoms with Gasteiger partial charge in [-0.25, -0.2) is 0 Å². The quantitative estimate of drug-likeness (QED) is 0.804. The van der Waals surface area contributed by atoms with Gasteiger partial charge in [0.1, 0.15) is 5.75 Å². The van der Waals surface area contributed by atoms with Crippen LogP contribution < -0.4 is 4.74 Å². The van der Waals surface area contributed by atoms with Crippen molar-refractivity contribution >= 4 is 17.8 Å². The normalized spacial score (nSPS) is 15.2. The van der Waals surface area contributed by atoms with Crippen LogP contribution >= 0.6 is 0 Å². The lowest BCUT2D eigenvalue weighted by atomic mass is 9.86. The van der Waals surface area contributed by atoms with Crippen LogP contribution in [0.4, 0.5) is 0 Å². The molecule has 2 amide bonds. The highest BCUT2D eigenvalue weighted by molar-refractivity contribution is 5.85. The van der Waals surface area contributed by atoms with Gasteiger partial charge >= 0.3 is 5.97 Å². The van der Waals surface area contributed by atoms with Crippen molar-refractivity contribution in [3.63, 3.8) is 0 Å². The van der Waals surface area contributed by atoms with Gasteiger partial charge in [-0.2, -0.15) is 0 Å². The van der Waals surface area contributed by atoms with E-state index in [1.54, 1.807) is 11.9 Å². The molecule has 28 heavy (non-hydrogen) atoms. The van der Waals surface area contributed by atoms with Crippen LogP contribution in [-0.2, 0) is 19.8 Å². The molecule has 0 saturated carbocycles. The molecular weight excluding hydrogens is 360 g/mol. The maximum Gasteiger partial charge on any atom is 0.306 e. The Morgan fingerprint density at radius 1 is 1.18 bits per heavy atom. The number of carbonyl (C=O) groups is 3. The van der Waals surface area contributed by atoms with Crippen molar-refractivity contribution < 1.29 is 24.2 Å². The van der Waals surface area contributed by atoms with Crippen LogP contribution in [0.25, 0.3) is 0 Å². The van der Waals surface area contributed by atoms with Crippen LogP contribution in [0.3, 0.4) is 0 Å². The van der Waals surface area contributed by atoms with Crippen molar-refractivity contribution in [2.24, 2.45) is 5.92 Å². The Morgan fingerprint density at radius 2 is 1.79 bits per heavy atom. The van der Waals surface area contributed by atoms with E-state index >= 15 is 0 Å². The first-order valence-electron chi connectivity index (χ1n) is 9.56. The molecule has 0 unspecified atom stereocenters.